The first kappa shape index (κ1) is 9.26. The zero-order valence-electron chi connectivity index (χ0n) is 7.92. The molecule has 0 aliphatic carbocycles. The number of anilines is 1. The number of para-hydroxylation sites is 2. The van der Waals surface area contributed by atoms with Gasteiger partial charge >= 0.3 is 0 Å². The maximum atomic E-state index is 10.9. The van der Waals surface area contributed by atoms with E-state index in [0.29, 0.717) is 11.3 Å². The third-order valence-corrected chi connectivity index (χ3v) is 2.05. The van der Waals surface area contributed by atoms with Gasteiger partial charge in [0, 0.05) is 6.20 Å². The molecule has 2 aromatic rings. The molecule has 1 aromatic heterocycles. The molecule has 0 unspecified atom stereocenters. The second kappa shape index (κ2) is 3.45. The van der Waals surface area contributed by atoms with E-state index in [2.05, 4.69) is 5.10 Å². The summed E-state index contributed by atoms with van der Waals surface area (Å²) >= 11 is 0. The zero-order valence-corrected chi connectivity index (χ0v) is 7.92. The quantitative estimate of drug-likeness (QED) is 0.697. The molecule has 0 radical (unpaired) electrons. The molecule has 0 bridgehead atoms. The number of carbonyl (C=O) groups excluding carboxylic acids is 1. The van der Waals surface area contributed by atoms with Gasteiger partial charge in [-0.1, -0.05) is 12.1 Å². The van der Waals surface area contributed by atoms with Crippen LogP contribution in [-0.4, -0.2) is 15.7 Å². The average Bonchev–Trinajstić information content (AvgIpc) is 2.67. The van der Waals surface area contributed by atoms with Crippen LogP contribution in [0.5, 0.6) is 0 Å². The Balaban J connectivity index is 2.46. The molecule has 0 aliphatic rings. The summed E-state index contributed by atoms with van der Waals surface area (Å²) in [7, 11) is 0. The average molecular weight is 202 g/mol. The minimum Gasteiger partial charge on any atom is -0.397 e. The summed E-state index contributed by atoms with van der Waals surface area (Å²) in [5, 5.41) is 4.00. The van der Waals surface area contributed by atoms with Gasteiger partial charge in [0.25, 0.3) is 5.91 Å². The molecule has 0 saturated heterocycles. The highest BCUT2D eigenvalue weighted by Gasteiger charge is 2.06. The van der Waals surface area contributed by atoms with Crippen LogP contribution in [0.15, 0.2) is 36.7 Å². The SMILES string of the molecule is NC(=O)c1cnn(-c2ccccc2N)c1. The van der Waals surface area contributed by atoms with E-state index in [9.17, 15) is 4.79 Å². The lowest BCUT2D eigenvalue weighted by Crippen LogP contribution is -2.09. The van der Waals surface area contributed by atoms with E-state index in [1.807, 2.05) is 18.2 Å². The van der Waals surface area contributed by atoms with Gasteiger partial charge in [-0.15, -0.1) is 0 Å². The Morgan fingerprint density at radius 3 is 2.67 bits per heavy atom. The van der Waals surface area contributed by atoms with Crippen molar-refractivity contribution in [3.05, 3.63) is 42.2 Å². The van der Waals surface area contributed by atoms with Crippen LogP contribution in [0.3, 0.4) is 0 Å². The summed E-state index contributed by atoms with van der Waals surface area (Å²) in [5.41, 5.74) is 12.6. The zero-order chi connectivity index (χ0) is 10.8. The van der Waals surface area contributed by atoms with Crippen molar-refractivity contribution < 1.29 is 4.79 Å². The van der Waals surface area contributed by atoms with E-state index >= 15 is 0 Å². The first-order valence-corrected chi connectivity index (χ1v) is 4.38. The number of hydrogen-bond acceptors (Lipinski definition) is 3. The lowest BCUT2D eigenvalue weighted by atomic mass is 10.3. The molecule has 76 valence electrons. The van der Waals surface area contributed by atoms with E-state index in [1.165, 1.54) is 10.9 Å². The normalized spacial score (nSPS) is 10.1. The van der Waals surface area contributed by atoms with Crippen LogP contribution in [0.25, 0.3) is 5.69 Å². The van der Waals surface area contributed by atoms with Gasteiger partial charge in [0.1, 0.15) is 0 Å². The molecule has 0 fully saturated rings. The Labute approximate surface area is 86.3 Å². The Hall–Kier alpha value is -2.30. The fourth-order valence-electron chi connectivity index (χ4n) is 1.28. The van der Waals surface area contributed by atoms with Crippen LogP contribution in [0.2, 0.25) is 0 Å². The van der Waals surface area contributed by atoms with Crippen LogP contribution in [-0.2, 0) is 0 Å². The molecule has 0 spiro atoms. The van der Waals surface area contributed by atoms with E-state index in [0.717, 1.165) is 5.69 Å². The van der Waals surface area contributed by atoms with Gasteiger partial charge in [0.15, 0.2) is 0 Å². The number of rotatable bonds is 2. The molecule has 0 aliphatic heterocycles. The Kier molecular flexibility index (Phi) is 2.13. The van der Waals surface area contributed by atoms with Crippen molar-refractivity contribution in [2.45, 2.75) is 0 Å². The standard InChI is InChI=1S/C10H10N4O/c11-8-3-1-2-4-9(8)14-6-7(5-13-14)10(12)15/h1-6H,11H2,(H2,12,15). The molecule has 2 rings (SSSR count). The summed E-state index contributed by atoms with van der Waals surface area (Å²) in [6.45, 7) is 0. The maximum absolute atomic E-state index is 10.9. The number of amides is 1. The van der Waals surface area contributed by atoms with Crippen LogP contribution < -0.4 is 11.5 Å². The van der Waals surface area contributed by atoms with Crippen LogP contribution in [0.4, 0.5) is 5.69 Å². The third-order valence-electron chi connectivity index (χ3n) is 2.05. The van der Waals surface area contributed by atoms with Crippen molar-refractivity contribution in [1.29, 1.82) is 0 Å². The van der Waals surface area contributed by atoms with Crippen molar-refractivity contribution >= 4 is 11.6 Å². The highest BCUT2D eigenvalue weighted by molar-refractivity contribution is 5.92. The smallest absolute Gasteiger partial charge is 0.251 e. The van der Waals surface area contributed by atoms with Crippen LogP contribution in [0, 0.1) is 0 Å². The molecule has 1 heterocycles. The second-order valence-corrected chi connectivity index (χ2v) is 3.10. The Morgan fingerprint density at radius 2 is 2.07 bits per heavy atom. The fourth-order valence-corrected chi connectivity index (χ4v) is 1.28. The molecule has 0 saturated carbocycles. The van der Waals surface area contributed by atoms with Gasteiger partial charge in [-0.25, -0.2) is 4.68 Å². The van der Waals surface area contributed by atoms with Gasteiger partial charge in [-0.3, -0.25) is 4.79 Å². The third kappa shape index (κ3) is 1.67. The lowest BCUT2D eigenvalue weighted by Gasteiger charge is -2.03. The molecule has 15 heavy (non-hydrogen) atoms. The number of nitrogen functional groups attached to an aromatic ring is 1. The fraction of sp³-hybridized carbons (Fsp3) is 0. The molecule has 5 heteroatoms. The Bertz CT molecular complexity index is 504. The summed E-state index contributed by atoms with van der Waals surface area (Å²) in [6, 6.07) is 7.25. The van der Waals surface area contributed by atoms with E-state index in [1.54, 1.807) is 12.3 Å². The predicted octanol–water partition coefficient (Wildman–Crippen LogP) is 0.553. The van der Waals surface area contributed by atoms with E-state index in [-0.39, 0.29) is 0 Å². The number of primary amides is 1. The molecule has 1 aromatic carbocycles. The summed E-state index contributed by atoms with van der Waals surface area (Å²) in [4.78, 5) is 10.9. The van der Waals surface area contributed by atoms with Crippen molar-refractivity contribution in [3.63, 3.8) is 0 Å². The van der Waals surface area contributed by atoms with E-state index < -0.39 is 5.91 Å². The van der Waals surface area contributed by atoms with E-state index in [4.69, 9.17) is 11.5 Å². The van der Waals surface area contributed by atoms with Gasteiger partial charge in [0.2, 0.25) is 0 Å². The monoisotopic (exact) mass is 202 g/mol. The molecule has 0 atom stereocenters. The molecule has 4 N–H and O–H groups in total. The predicted molar refractivity (Wildman–Crippen MR) is 56.5 cm³/mol. The van der Waals surface area contributed by atoms with Crippen molar-refractivity contribution in [1.82, 2.24) is 9.78 Å². The minimum absolute atomic E-state index is 0.359. The summed E-state index contributed by atoms with van der Waals surface area (Å²) < 4.78 is 1.52. The number of aromatic nitrogens is 2. The molecule has 5 nitrogen and oxygen atoms in total. The van der Waals surface area contributed by atoms with Crippen molar-refractivity contribution in [2.24, 2.45) is 5.73 Å². The van der Waals surface area contributed by atoms with Crippen molar-refractivity contribution in [3.8, 4) is 5.69 Å². The van der Waals surface area contributed by atoms with Gasteiger partial charge in [-0.05, 0) is 12.1 Å². The molecular weight excluding hydrogens is 192 g/mol. The number of nitrogens with zero attached hydrogens (tertiary/aromatic N) is 2. The summed E-state index contributed by atoms with van der Waals surface area (Å²) in [6.07, 6.45) is 2.96. The Morgan fingerprint density at radius 1 is 1.33 bits per heavy atom. The second-order valence-electron chi connectivity index (χ2n) is 3.10. The first-order valence-electron chi connectivity index (χ1n) is 4.38. The van der Waals surface area contributed by atoms with Gasteiger partial charge in [-0.2, -0.15) is 5.10 Å². The van der Waals surface area contributed by atoms with Crippen LogP contribution >= 0.6 is 0 Å². The number of hydrogen-bond donors (Lipinski definition) is 2. The topological polar surface area (TPSA) is 86.9 Å². The molecule has 1 amide bonds. The highest BCUT2D eigenvalue weighted by atomic mass is 16.1. The minimum atomic E-state index is -0.504. The summed E-state index contributed by atoms with van der Waals surface area (Å²) in [5.74, 6) is -0.504. The maximum Gasteiger partial charge on any atom is 0.251 e. The van der Waals surface area contributed by atoms with Crippen LogP contribution in [0.1, 0.15) is 10.4 Å². The number of nitrogens with two attached hydrogens (primary N) is 2. The molecular formula is C10H10N4O. The van der Waals surface area contributed by atoms with Gasteiger partial charge in [0.05, 0.1) is 23.1 Å². The lowest BCUT2D eigenvalue weighted by molar-refractivity contribution is 0.100. The number of benzene rings is 1. The van der Waals surface area contributed by atoms with Crippen molar-refractivity contribution in [2.75, 3.05) is 5.73 Å². The largest absolute Gasteiger partial charge is 0.397 e. The first-order chi connectivity index (χ1) is 7.18. The number of carbonyl (C=O) groups is 1. The highest BCUT2D eigenvalue weighted by Crippen LogP contribution is 2.15. The van der Waals surface area contributed by atoms with Gasteiger partial charge < -0.3 is 11.5 Å².